The van der Waals surface area contributed by atoms with E-state index < -0.39 is 15.6 Å². The van der Waals surface area contributed by atoms with Crippen molar-refractivity contribution in [2.45, 2.75) is 41.5 Å². The molecular formula is C10H24O7P2. The molecule has 0 aromatic carbocycles. The number of hydrogen-bond donors (Lipinski definition) is 2. The van der Waals surface area contributed by atoms with Crippen molar-refractivity contribution in [2.75, 3.05) is 13.2 Å². The molecule has 9 heteroatoms. The van der Waals surface area contributed by atoms with Gasteiger partial charge in [0.2, 0.25) is 0 Å². The van der Waals surface area contributed by atoms with Crippen molar-refractivity contribution in [1.82, 2.24) is 0 Å². The summed E-state index contributed by atoms with van der Waals surface area (Å²) >= 11 is 0. The van der Waals surface area contributed by atoms with Crippen LogP contribution < -0.4 is 0 Å². The van der Waals surface area contributed by atoms with E-state index in [0.29, 0.717) is 0 Å². The van der Waals surface area contributed by atoms with Crippen molar-refractivity contribution in [2.24, 2.45) is 10.8 Å². The van der Waals surface area contributed by atoms with Crippen LogP contribution in [0.4, 0.5) is 0 Å². The third-order valence-corrected chi connectivity index (χ3v) is 4.06. The molecule has 0 saturated heterocycles. The lowest BCUT2D eigenvalue weighted by molar-refractivity contribution is 0.0846. The van der Waals surface area contributed by atoms with Gasteiger partial charge in [-0.15, -0.1) is 0 Å². The molecule has 0 aliphatic rings. The lowest BCUT2D eigenvalue weighted by Crippen LogP contribution is -2.18. The van der Waals surface area contributed by atoms with Gasteiger partial charge in [0.15, 0.2) is 0 Å². The van der Waals surface area contributed by atoms with E-state index in [9.17, 15) is 9.13 Å². The molecule has 0 bridgehead atoms. The molecule has 0 aliphatic heterocycles. The fraction of sp³-hybridized carbons (Fsp3) is 1.00. The lowest BCUT2D eigenvalue weighted by Gasteiger charge is -2.26. The molecule has 0 aromatic heterocycles. The first-order chi connectivity index (χ1) is 8.12. The van der Waals surface area contributed by atoms with E-state index in [1.165, 1.54) is 0 Å². The Morgan fingerprint density at radius 3 is 1.37 bits per heavy atom. The van der Waals surface area contributed by atoms with Gasteiger partial charge in [-0.05, 0) is 10.8 Å². The van der Waals surface area contributed by atoms with Gasteiger partial charge in [-0.3, -0.25) is 9.05 Å². The predicted octanol–water partition coefficient (Wildman–Crippen LogP) is 3.33. The first-order valence-electron chi connectivity index (χ1n) is 5.78. The average molecular weight is 318 g/mol. The summed E-state index contributed by atoms with van der Waals surface area (Å²) < 4.78 is 37.2. The largest absolute Gasteiger partial charge is 0.483 e. The molecule has 0 aliphatic carbocycles. The van der Waals surface area contributed by atoms with Crippen LogP contribution in [0.1, 0.15) is 41.5 Å². The standard InChI is InChI=1S/C10H24O7P2/c1-9(2,3)7-15-19(14,17-18(11,12)13)16-8-10(4,5)6/h7-8H2,1-6H3,(H2,11,12,13). The summed E-state index contributed by atoms with van der Waals surface area (Å²) in [6.45, 7) is 10.9. The van der Waals surface area contributed by atoms with Gasteiger partial charge < -0.3 is 9.79 Å². The second kappa shape index (κ2) is 6.35. The van der Waals surface area contributed by atoms with E-state index in [2.05, 4.69) is 4.31 Å². The van der Waals surface area contributed by atoms with E-state index >= 15 is 0 Å². The second-order valence-corrected chi connectivity index (χ2v) is 9.73. The predicted molar refractivity (Wildman–Crippen MR) is 71.5 cm³/mol. The Kier molecular flexibility index (Phi) is 6.44. The number of phosphoric ester groups is 1. The van der Waals surface area contributed by atoms with Crippen molar-refractivity contribution >= 4 is 15.6 Å². The number of hydrogen-bond acceptors (Lipinski definition) is 5. The van der Waals surface area contributed by atoms with Gasteiger partial charge in [0.1, 0.15) is 0 Å². The van der Waals surface area contributed by atoms with Crippen molar-refractivity contribution in [3.63, 3.8) is 0 Å². The molecule has 0 amide bonds. The molecule has 0 radical (unpaired) electrons. The summed E-state index contributed by atoms with van der Waals surface area (Å²) in [5.74, 6) is 0. The first-order valence-corrected chi connectivity index (χ1v) is 8.77. The molecule has 19 heavy (non-hydrogen) atoms. The van der Waals surface area contributed by atoms with Gasteiger partial charge in [-0.1, -0.05) is 41.5 Å². The van der Waals surface area contributed by atoms with Crippen LogP contribution in [0.2, 0.25) is 0 Å². The van der Waals surface area contributed by atoms with Crippen LogP contribution in [0.25, 0.3) is 0 Å². The van der Waals surface area contributed by atoms with E-state index in [1.807, 2.05) is 41.5 Å². The number of rotatable bonds is 6. The van der Waals surface area contributed by atoms with E-state index in [-0.39, 0.29) is 24.0 Å². The van der Waals surface area contributed by atoms with Gasteiger partial charge >= 0.3 is 15.6 Å². The smallest absolute Gasteiger partial charge is 0.302 e. The Bertz CT molecular complexity index is 352. The Morgan fingerprint density at radius 1 is 0.842 bits per heavy atom. The molecule has 116 valence electrons. The molecule has 0 saturated carbocycles. The quantitative estimate of drug-likeness (QED) is 0.724. The van der Waals surface area contributed by atoms with Gasteiger partial charge in [-0.2, -0.15) is 4.31 Å². The van der Waals surface area contributed by atoms with Gasteiger partial charge in [-0.25, -0.2) is 9.13 Å². The maximum absolute atomic E-state index is 12.2. The van der Waals surface area contributed by atoms with Crippen LogP contribution >= 0.6 is 15.6 Å². The molecule has 0 atom stereocenters. The maximum atomic E-state index is 12.2. The van der Waals surface area contributed by atoms with E-state index in [0.717, 1.165) is 0 Å². The minimum absolute atomic E-state index is 0.0194. The van der Waals surface area contributed by atoms with Gasteiger partial charge in [0.25, 0.3) is 0 Å². The summed E-state index contributed by atoms with van der Waals surface area (Å²) in [5, 5.41) is 0. The fourth-order valence-corrected chi connectivity index (χ4v) is 3.34. The second-order valence-electron chi connectivity index (χ2n) is 6.69. The summed E-state index contributed by atoms with van der Waals surface area (Å²) in [4.78, 5) is 17.5. The molecule has 0 aromatic rings. The zero-order valence-corrected chi connectivity index (χ0v) is 14.0. The molecule has 2 N–H and O–H groups in total. The molecule has 0 fully saturated rings. The normalized spacial score (nSPS) is 14.7. The Labute approximate surface area is 114 Å². The molecule has 0 spiro atoms. The minimum Gasteiger partial charge on any atom is -0.302 e. The molecule has 0 unspecified atom stereocenters. The minimum atomic E-state index is -4.96. The van der Waals surface area contributed by atoms with Crippen molar-refractivity contribution in [3.05, 3.63) is 0 Å². The highest BCUT2D eigenvalue weighted by molar-refractivity contribution is 7.61. The first kappa shape index (κ1) is 19.3. The van der Waals surface area contributed by atoms with Crippen molar-refractivity contribution in [1.29, 1.82) is 0 Å². The van der Waals surface area contributed by atoms with Crippen LogP contribution in [0.5, 0.6) is 0 Å². The molecular weight excluding hydrogens is 294 g/mol. The molecule has 0 heterocycles. The third kappa shape index (κ3) is 11.8. The summed E-state index contributed by atoms with van der Waals surface area (Å²) in [7, 11) is -9.26. The highest BCUT2D eigenvalue weighted by Gasteiger charge is 2.38. The SMILES string of the molecule is CC(C)(C)COP(=O)(OCC(C)(C)C)OP(=O)(O)O. The van der Waals surface area contributed by atoms with Gasteiger partial charge in [0, 0.05) is 0 Å². The van der Waals surface area contributed by atoms with E-state index in [4.69, 9.17) is 18.8 Å². The van der Waals surface area contributed by atoms with Crippen LogP contribution in [-0.2, 0) is 22.5 Å². The van der Waals surface area contributed by atoms with E-state index in [1.54, 1.807) is 0 Å². The van der Waals surface area contributed by atoms with Gasteiger partial charge in [0.05, 0.1) is 13.2 Å². The van der Waals surface area contributed by atoms with Crippen LogP contribution in [0.3, 0.4) is 0 Å². The van der Waals surface area contributed by atoms with Crippen molar-refractivity contribution < 1.29 is 32.3 Å². The Morgan fingerprint density at radius 2 is 1.16 bits per heavy atom. The maximum Gasteiger partial charge on any atom is 0.483 e. The summed E-state index contributed by atoms with van der Waals surface area (Å²) in [5.41, 5.74) is -0.696. The summed E-state index contributed by atoms with van der Waals surface area (Å²) in [6, 6.07) is 0. The lowest BCUT2D eigenvalue weighted by atomic mass is 9.99. The Balaban J connectivity index is 4.83. The fourth-order valence-electron chi connectivity index (χ4n) is 0.760. The topological polar surface area (TPSA) is 102 Å². The molecule has 0 rings (SSSR count). The summed E-state index contributed by atoms with van der Waals surface area (Å²) in [6.07, 6.45) is 0. The average Bonchev–Trinajstić information content (AvgIpc) is 2.07. The molecule has 7 nitrogen and oxygen atoms in total. The van der Waals surface area contributed by atoms with Crippen molar-refractivity contribution in [3.8, 4) is 0 Å². The third-order valence-electron chi connectivity index (χ3n) is 1.52. The van der Waals surface area contributed by atoms with Crippen LogP contribution in [-0.4, -0.2) is 23.0 Å². The van der Waals surface area contributed by atoms with Crippen LogP contribution in [0.15, 0.2) is 0 Å². The highest BCUT2D eigenvalue weighted by Crippen LogP contribution is 2.62. The monoisotopic (exact) mass is 318 g/mol. The zero-order valence-electron chi connectivity index (χ0n) is 12.2. The van der Waals surface area contributed by atoms with Crippen LogP contribution in [0, 0.1) is 10.8 Å². The Hall–Kier alpha value is 0.260. The highest BCUT2D eigenvalue weighted by atomic mass is 31.3. The number of phosphoric acid groups is 2. The zero-order chi connectivity index (χ0) is 15.5.